The molecule has 1 fully saturated rings. The number of hydrogen-bond acceptors (Lipinski definition) is 5. The van der Waals surface area contributed by atoms with Crippen molar-refractivity contribution in [3.8, 4) is 0 Å². The van der Waals surface area contributed by atoms with Gasteiger partial charge in [0.1, 0.15) is 5.82 Å². The minimum Gasteiger partial charge on any atom is -0.291 e. The Hall–Kier alpha value is -2.62. The highest BCUT2D eigenvalue weighted by Crippen LogP contribution is 2.30. The number of halogens is 1. The summed E-state index contributed by atoms with van der Waals surface area (Å²) < 4.78 is 39.9. The molecule has 9 heteroatoms. The number of fused-ring (bicyclic) bond motifs is 1. The van der Waals surface area contributed by atoms with Crippen LogP contribution in [0, 0.1) is 12.7 Å². The lowest BCUT2D eigenvalue weighted by Crippen LogP contribution is -2.52. The Morgan fingerprint density at radius 3 is 2.28 bits per heavy atom. The zero-order valence-corrected chi connectivity index (χ0v) is 16.7. The van der Waals surface area contributed by atoms with Gasteiger partial charge in [-0.15, -0.1) is 0 Å². The molecule has 0 unspecified atom stereocenters. The summed E-state index contributed by atoms with van der Waals surface area (Å²) in [7, 11) is -3.70. The molecule has 2 aliphatic rings. The van der Waals surface area contributed by atoms with Gasteiger partial charge in [0.15, 0.2) is 0 Å². The minimum atomic E-state index is -3.70. The van der Waals surface area contributed by atoms with E-state index in [1.54, 1.807) is 12.1 Å². The van der Waals surface area contributed by atoms with E-state index in [2.05, 4.69) is 0 Å². The number of carbonyl (C=O) groups excluding carboxylic acids is 2. The first kappa shape index (κ1) is 19.7. The van der Waals surface area contributed by atoms with E-state index in [1.165, 1.54) is 21.3 Å². The second kappa shape index (κ2) is 7.33. The maximum Gasteiger partial charge on any atom is 0.300 e. The highest BCUT2D eigenvalue weighted by molar-refractivity contribution is 7.89. The van der Waals surface area contributed by atoms with E-state index in [-0.39, 0.29) is 24.7 Å². The molecule has 1 amide bonds. The molecule has 29 heavy (non-hydrogen) atoms. The normalized spacial score (nSPS) is 18.3. The third-order valence-corrected chi connectivity index (χ3v) is 7.16. The number of benzene rings is 2. The van der Waals surface area contributed by atoms with E-state index in [0.717, 1.165) is 17.7 Å². The highest BCUT2D eigenvalue weighted by atomic mass is 32.2. The lowest BCUT2D eigenvalue weighted by Gasteiger charge is -2.35. The van der Waals surface area contributed by atoms with Crippen molar-refractivity contribution < 1.29 is 22.4 Å². The van der Waals surface area contributed by atoms with Gasteiger partial charge in [-0.1, -0.05) is 11.6 Å². The van der Waals surface area contributed by atoms with E-state index in [1.807, 2.05) is 17.9 Å². The van der Waals surface area contributed by atoms with Gasteiger partial charge in [0, 0.05) is 26.2 Å². The Morgan fingerprint density at radius 2 is 1.62 bits per heavy atom. The van der Waals surface area contributed by atoms with Crippen LogP contribution in [0.3, 0.4) is 0 Å². The molecule has 0 aromatic heterocycles. The van der Waals surface area contributed by atoms with Crippen LogP contribution in [0.4, 0.5) is 10.1 Å². The van der Waals surface area contributed by atoms with Gasteiger partial charge in [-0.25, -0.2) is 12.8 Å². The number of anilines is 1. The average molecular weight is 417 g/mol. The Balaban J connectivity index is 1.44. The van der Waals surface area contributed by atoms with Gasteiger partial charge in [-0.2, -0.15) is 4.31 Å². The van der Waals surface area contributed by atoms with E-state index in [4.69, 9.17) is 0 Å². The average Bonchev–Trinajstić information content (AvgIpc) is 2.93. The standard InChI is InChI=1S/C20H20FN3O4S/c1-14-2-7-18-17(12-14)19(25)20(26)24(18)13-22-8-10-23(11-9-22)29(27,28)16-5-3-15(21)4-6-16/h2-7,12H,8-11,13H2,1H3. The molecular weight excluding hydrogens is 397 g/mol. The fourth-order valence-electron chi connectivity index (χ4n) is 3.62. The van der Waals surface area contributed by atoms with Crippen molar-refractivity contribution in [3.05, 3.63) is 59.4 Å². The first-order valence-electron chi connectivity index (χ1n) is 9.22. The topological polar surface area (TPSA) is 78.0 Å². The van der Waals surface area contributed by atoms with Crippen molar-refractivity contribution in [1.82, 2.24) is 9.21 Å². The maximum atomic E-state index is 13.1. The van der Waals surface area contributed by atoms with Crippen LogP contribution in [0.15, 0.2) is 47.4 Å². The van der Waals surface area contributed by atoms with Crippen molar-refractivity contribution >= 4 is 27.4 Å². The van der Waals surface area contributed by atoms with Crippen LogP contribution in [0.5, 0.6) is 0 Å². The number of piperazine rings is 1. The summed E-state index contributed by atoms with van der Waals surface area (Å²) in [5.74, 6) is -1.57. The van der Waals surface area contributed by atoms with Crippen molar-refractivity contribution in [2.75, 3.05) is 37.7 Å². The number of aryl methyl sites for hydroxylation is 1. The van der Waals surface area contributed by atoms with Crippen molar-refractivity contribution in [1.29, 1.82) is 0 Å². The zero-order chi connectivity index (χ0) is 20.8. The quantitative estimate of drug-likeness (QED) is 0.707. The fourth-order valence-corrected chi connectivity index (χ4v) is 5.04. The molecule has 2 heterocycles. The molecular formula is C20H20FN3O4S. The number of sulfonamides is 1. The number of carbonyl (C=O) groups is 2. The van der Waals surface area contributed by atoms with Gasteiger partial charge in [0.2, 0.25) is 10.0 Å². The Labute approximate surface area is 168 Å². The first-order valence-corrected chi connectivity index (χ1v) is 10.7. The Bertz CT molecular complexity index is 1080. The van der Waals surface area contributed by atoms with Gasteiger partial charge in [-0.3, -0.25) is 19.4 Å². The molecule has 0 N–H and O–H groups in total. The zero-order valence-electron chi connectivity index (χ0n) is 15.8. The predicted molar refractivity (Wildman–Crippen MR) is 105 cm³/mol. The molecule has 2 aromatic rings. The van der Waals surface area contributed by atoms with Crippen LogP contribution in [-0.2, 0) is 14.8 Å². The Morgan fingerprint density at radius 1 is 0.966 bits per heavy atom. The van der Waals surface area contributed by atoms with Gasteiger partial charge >= 0.3 is 5.91 Å². The summed E-state index contributed by atoms with van der Waals surface area (Å²) in [6.07, 6.45) is 0. The van der Waals surface area contributed by atoms with Crippen LogP contribution in [0.2, 0.25) is 0 Å². The minimum absolute atomic E-state index is 0.0527. The summed E-state index contributed by atoms with van der Waals surface area (Å²) in [6, 6.07) is 10.1. The van der Waals surface area contributed by atoms with Gasteiger partial charge in [0.25, 0.3) is 5.78 Å². The third-order valence-electron chi connectivity index (χ3n) is 5.25. The molecule has 7 nitrogen and oxygen atoms in total. The van der Waals surface area contributed by atoms with Crippen LogP contribution >= 0.6 is 0 Å². The second-order valence-electron chi connectivity index (χ2n) is 7.20. The number of nitrogens with zero attached hydrogens (tertiary/aromatic N) is 3. The summed E-state index contributed by atoms with van der Waals surface area (Å²) in [5.41, 5.74) is 1.91. The first-order chi connectivity index (χ1) is 13.8. The Kier molecular flexibility index (Phi) is 4.97. The predicted octanol–water partition coefficient (Wildman–Crippen LogP) is 1.63. The summed E-state index contributed by atoms with van der Waals surface area (Å²) in [5, 5.41) is 0. The monoisotopic (exact) mass is 417 g/mol. The summed E-state index contributed by atoms with van der Waals surface area (Å²) in [4.78, 5) is 28.1. The van der Waals surface area contributed by atoms with Crippen LogP contribution in [0.25, 0.3) is 0 Å². The second-order valence-corrected chi connectivity index (χ2v) is 9.14. The molecule has 2 aromatic carbocycles. The molecule has 0 radical (unpaired) electrons. The van der Waals surface area contributed by atoms with E-state index < -0.39 is 27.5 Å². The largest absolute Gasteiger partial charge is 0.300 e. The summed E-state index contributed by atoms with van der Waals surface area (Å²) in [6.45, 7) is 3.42. The van der Waals surface area contributed by atoms with Crippen LogP contribution in [0.1, 0.15) is 15.9 Å². The summed E-state index contributed by atoms with van der Waals surface area (Å²) >= 11 is 0. The number of Topliss-reactive ketones (excluding diaryl/α,β-unsaturated/α-hetero) is 1. The third kappa shape index (κ3) is 3.57. The number of hydrogen-bond donors (Lipinski definition) is 0. The molecule has 0 atom stereocenters. The van der Waals surface area contributed by atoms with Gasteiger partial charge in [-0.05, 0) is 43.3 Å². The lowest BCUT2D eigenvalue weighted by atomic mass is 10.1. The SMILES string of the molecule is Cc1ccc2c(c1)C(=O)C(=O)N2CN1CCN(S(=O)(=O)c2ccc(F)cc2)CC1. The van der Waals surface area contributed by atoms with Crippen LogP contribution < -0.4 is 4.90 Å². The fraction of sp³-hybridized carbons (Fsp3) is 0.300. The molecule has 0 bridgehead atoms. The van der Waals surface area contributed by atoms with Crippen molar-refractivity contribution in [3.63, 3.8) is 0 Å². The number of ketones is 1. The van der Waals surface area contributed by atoms with Gasteiger partial charge < -0.3 is 0 Å². The van der Waals surface area contributed by atoms with E-state index >= 15 is 0 Å². The molecule has 152 valence electrons. The number of amides is 1. The molecule has 0 aliphatic carbocycles. The number of rotatable bonds is 4. The lowest BCUT2D eigenvalue weighted by molar-refractivity contribution is -0.114. The molecule has 2 aliphatic heterocycles. The molecule has 0 spiro atoms. The molecule has 4 rings (SSSR count). The molecule has 1 saturated heterocycles. The maximum absolute atomic E-state index is 13.1. The van der Waals surface area contributed by atoms with Crippen molar-refractivity contribution in [2.45, 2.75) is 11.8 Å². The van der Waals surface area contributed by atoms with E-state index in [0.29, 0.717) is 24.3 Å². The van der Waals surface area contributed by atoms with Crippen molar-refractivity contribution in [2.24, 2.45) is 0 Å². The molecule has 0 saturated carbocycles. The highest BCUT2D eigenvalue weighted by Gasteiger charge is 2.37. The smallest absolute Gasteiger partial charge is 0.291 e. The van der Waals surface area contributed by atoms with E-state index in [9.17, 15) is 22.4 Å². The van der Waals surface area contributed by atoms with Gasteiger partial charge in [0.05, 0.1) is 22.8 Å². The van der Waals surface area contributed by atoms with Crippen LogP contribution in [-0.4, -0.2) is 62.2 Å².